The molecule has 0 saturated heterocycles. The molecular weight excluding hydrogens is 510 g/mol. The molecule has 224 valence electrons. The first kappa shape index (κ1) is 32.4. The fourth-order valence-electron chi connectivity index (χ4n) is 5.39. The van der Waals surface area contributed by atoms with Crippen molar-refractivity contribution >= 4 is 22.6 Å². The lowest BCUT2D eigenvalue weighted by atomic mass is 10.0. The summed E-state index contributed by atoms with van der Waals surface area (Å²) >= 11 is 0. The minimum Gasteiger partial charge on any atom is -0.461 e. The Balaban J connectivity index is 1.35. The van der Waals surface area contributed by atoms with E-state index in [1.54, 1.807) is 0 Å². The summed E-state index contributed by atoms with van der Waals surface area (Å²) in [4.78, 5) is 27.2. The van der Waals surface area contributed by atoms with Crippen LogP contribution in [0.2, 0.25) is 0 Å². The third-order valence-electron chi connectivity index (χ3n) is 8.00. The standard InChI is InChI=1S/C36H51NO4/c1-4-7-8-9-10-11-12-13-14-15-16-17-18-19-35(38)40-28-29-20-22-30(23-21-29)33-26-31-24-25-32(37(5-2)6-3)27-34(31)41-36(33)39/h20-27H,4-19,28H2,1-3H3. The van der Waals surface area contributed by atoms with Crippen molar-refractivity contribution in [1.29, 1.82) is 0 Å². The second kappa shape index (κ2) is 18.4. The molecule has 41 heavy (non-hydrogen) atoms. The number of rotatable bonds is 20. The van der Waals surface area contributed by atoms with Crippen molar-refractivity contribution in [2.45, 2.75) is 117 Å². The lowest BCUT2D eigenvalue weighted by molar-refractivity contribution is -0.145. The van der Waals surface area contributed by atoms with Gasteiger partial charge in [-0.05, 0) is 49.6 Å². The third kappa shape index (κ3) is 11.0. The summed E-state index contributed by atoms with van der Waals surface area (Å²) in [5, 5.41) is 0.890. The number of nitrogens with zero attached hydrogens (tertiary/aromatic N) is 1. The van der Waals surface area contributed by atoms with Crippen LogP contribution in [-0.2, 0) is 16.1 Å². The van der Waals surface area contributed by atoms with Crippen LogP contribution in [0.4, 0.5) is 5.69 Å². The summed E-state index contributed by atoms with van der Waals surface area (Å²) in [5.41, 5.74) is 3.50. The Morgan fingerprint density at radius 1 is 0.732 bits per heavy atom. The van der Waals surface area contributed by atoms with E-state index in [1.165, 1.54) is 70.6 Å². The first-order valence-corrected chi connectivity index (χ1v) is 16.1. The van der Waals surface area contributed by atoms with Crippen molar-refractivity contribution in [3.63, 3.8) is 0 Å². The number of hydrogen-bond donors (Lipinski definition) is 0. The largest absolute Gasteiger partial charge is 0.461 e. The molecule has 0 bridgehead atoms. The molecule has 2 aromatic carbocycles. The maximum Gasteiger partial charge on any atom is 0.344 e. The summed E-state index contributed by atoms with van der Waals surface area (Å²) in [6.45, 7) is 8.52. The van der Waals surface area contributed by atoms with Crippen LogP contribution in [0.1, 0.15) is 116 Å². The van der Waals surface area contributed by atoms with E-state index in [-0.39, 0.29) is 18.2 Å². The van der Waals surface area contributed by atoms with E-state index in [0.29, 0.717) is 17.6 Å². The molecule has 0 spiro atoms. The Labute approximate surface area is 247 Å². The SMILES string of the molecule is CCCCCCCCCCCCCCCC(=O)OCc1ccc(-c2cc3ccc(N(CC)CC)cc3oc2=O)cc1. The number of carbonyl (C=O) groups is 1. The molecule has 3 rings (SSSR count). The fraction of sp³-hybridized carbons (Fsp3) is 0.556. The Morgan fingerprint density at radius 3 is 1.90 bits per heavy atom. The normalized spacial score (nSPS) is 11.2. The van der Waals surface area contributed by atoms with Gasteiger partial charge in [-0.15, -0.1) is 0 Å². The van der Waals surface area contributed by atoms with Gasteiger partial charge in [-0.2, -0.15) is 0 Å². The van der Waals surface area contributed by atoms with Gasteiger partial charge in [0.05, 0.1) is 5.56 Å². The highest BCUT2D eigenvalue weighted by atomic mass is 16.5. The zero-order valence-corrected chi connectivity index (χ0v) is 25.7. The van der Waals surface area contributed by atoms with Crippen molar-refractivity contribution in [1.82, 2.24) is 0 Å². The maximum atomic E-state index is 12.8. The average Bonchev–Trinajstić information content (AvgIpc) is 2.99. The number of esters is 1. The molecule has 5 heteroatoms. The van der Waals surface area contributed by atoms with Crippen molar-refractivity contribution < 1.29 is 13.9 Å². The molecular formula is C36H51NO4. The van der Waals surface area contributed by atoms with Gasteiger partial charge in [0.15, 0.2) is 0 Å². The Morgan fingerprint density at radius 2 is 1.32 bits per heavy atom. The Kier molecular flexibility index (Phi) is 14.5. The summed E-state index contributed by atoms with van der Waals surface area (Å²) in [7, 11) is 0. The van der Waals surface area contributed by atoms with Crippen molar-refractivity contribution in [2.75, 3.05) is 18.0 Å². The second-order valence-corrected chi connectivity index (χ2v) is 11.2. The molecule has 0 saturated carbocycles. The highest BCUT2D eigenvalue weighted by Crippen LogP contribution is 2.25. The van der Waals surface area contributed by atoms with Gasteiger partial charge in [-0.3, -0.25) is 4.79 Å². The van der Waals surface area contributed by atoms with Gasteiger partial charge in [-0.25, -0.2) is 4.79 Å². The highest BCUT2D eigenvalue weighted by molar-refractivity contribution is 5.84. The van der Waals surface area contributed by atoms with Gasteiger partial charge in [0, 0.05) is 36.7 Å². The molecule has 1 heterocycles. The first-order chi connectivity index (χ1) is 20.0. The molecule has 0 amide bonds. The zero-order chi connectivity index (χ0) is 29.3. The molecule has 3 aromatic rings. The molecule has 0 N–H and O–H groups in total. The third-order valence-corrected chi connectivity index (χ3v) is 8.00. The number of anilines is 1. The maximum absolute atomic E-state index is 12.8. The summed E-state index contributed by atoms with van der Waals surface area (Å²) < 4.78 is 11.2. The smallest absolute Gasteiger partial charge is 0.344 e. The van der Waals surface area contributed by atoms with E-state index in [2.05, 4.69) is 31.7 Å². The number of hydrogen-bond acceptors (Lipinski definition) is 5. The van der Waals surface area contributed by atoms with E-state index < -0.39 is 0 Å². The molecule has 0 fully saturated rings. The predicted octanol–water partition coefficient (Wildman–Crippen LogP) is 9.83. The number of fused-ring (bicyclic) bond motifs is 1. The van der Waals surface area contributed by atoms with Crippen LogP contribution in [-0.4, -0.2) is 19.1 Å². The van der Waals surface area contributed by atoms with Crippen LogP contribution >= 0.6 is 0 Å². The number of benzene rings is 2. The van der Waals surface area contributed by atoms with Gasteiger partial charge in [0.2, 0.25) is 0 Å². The van der Waals surface area contributed by atoms with E-state index in [9.17, 15) is 9.59 Å². The van der Waals surface area contributed by atoms with Gasteiger partial charge in [-0.1, -0.05) is 108 Å². The number of unbranched alkanes of at least 4 members (excludes halogenated alkanes) is 12. The number of ether oxygens (including phenoxy) is 1. The van der Waals surface area contributed by atoms with Crippen molar-refractivity contribution in [3.05, 3.63) is 64.5 Å². The molecule has 0 aliphatic heterocycles. The quantitative estimate of drug-likeness (QED) is 0.0780. The first-order valence-electron chi connectivity index (χ1n) is 16.1. The van der Waals surface area contributed by atoms with Crippen LogP contribution < -0.4 is 10.5 Å². The van der Waals surface area contributed by atoms with Crippen LogP contribution in [0, 0.1) is 0 Å². The summed E-state index contributed by atoms with van der Waals surface area (Å²) in [6.07, 6.45) is 17.2. The van der Waals surface area contributed by atoms with E-state index in [4.69, 9.17) is 9.15 Å². The van der Waals surface area contributed by atoms with Gasteiger partial charge in [0.1, 0.15) is 12.2 Å². The Bertz CT molecular complexity index is 1230. The molecule has 0 radical (unpaired) electrons. The van der Waals surface area contributed by atoms with Crippen LogP contribution in [0.3, 0.4) is 0 Å². The minimum atomic E-state index is -0.355. The second-order valence-electron chi connectivity index (χ2n) is 11.2. The molecule has 0 aliphatic rings. The van der Waals surface area contributed by atoms with Gasteiger partial charge >= 0.3 is 11.6 Å². The van der Waals surface area contributed by atoms with E-state index in [0.717, 1.165) is 48.1 Å². The van der Waals surface area contributed by atoms with E-state index >= 15 is 0 Å². The molecule has 0 atom stereocenters. The van der Waals surface area contributed by atoms with Gasteiger partial charge < -0.3 is 14.1 Å². The summed E-state index contributed by atoms with van der Waals surface area (Å²) in [6, 6.07) is 15.5. The monoisotopic (exact) mass is 561 g/mol. The fourth-order valence-corrected chi connectivity index (χ4v) is 5.39. The lowest BCUT2D eigenvalue weighted by Gasteiger charge is -2.21. The van der Waals surface area contributed by atoms with Crippen LogP contribution in [0.25, 0.3) is 22.1 Å². The van der Waals surface area contributed by atoms with Gasteiger partial charge in [0.25, 0.3) is 0 Å². The van der Waals surface area contributed by atoms with E-state index in [1.807, 2.05) is 42.5 Å². The Hall–Kier alpha value is -3.08. The molecule has 0 unspecified atom stereocenters. The topological polar surface area (TPSA) is 59.8 Å². The average molecular weight is 562 g/mol. The zero-order valence-electron chi connectivity index (χ0n) is 25.7. The van der Waals surface area contributed by atoms with Crippen LogP contribution in [0.15, 0.2) is 57.7 Å². The van der Waals surface area contributed by atoms with Crippen molar-refractivity contribution in [2.24, 2.45) is 0 Å². The highest BCUT2D eigenvalue weighted by Gasteiger charge is 2.11. The predicted molar refractivity (Wildman–Crippen MR) is 172 cm³/mol. The lowest BCUT2D eigenvalue weighted by Crippen LogP contribution is -2.21. The van der Waals surface area contributed by atoms with Crippen molar-refractivity contribution in [3.8, 4) is 11.1 Å². The minimum absolute atomic E-state index is 0.142. The van der Waals surface area contributed by atoms with Crippen LogP contribution in [0.5, 0.6) is 0 Å². The number of carbonyl (C=O) groups excluding carboxylic acids is 1. The molecule has 5 nitrogen and oxygen atoms in total. The molecule has 0 aliphatic carbocycles. The molecule has 1 aromatic heterocycles. The summed E-state index contributed by atoms with van der Waals surface area (Å²) in [5.74, 6) is -0.142.